The molecule has 2 atom stereocenters. The fourth-order valence-electron chi connectivity index (χ4n) is 3.54. The van der Waals surface area contributed by atoms with Gasteiger partial charge in [0.1, 0.15) is 5.92 Å². The molecule has 0 aromatic heterocycles. The van der Waals surface area contributed by atoms with E-state index in [4.69, 9.17) is 16.3 Å². The number of ether oxygens (including phenoxy) is 1. The highest BCUT2D eigenvalue weighted by atomic mass is 35.5. The number of likely N-dealkylation sites (N-methyl/N-ethyl adjacent to an activating group) is 1. The van der Waals surface area contributed by atoms with Crippen molar-refractivity contribution in [3.05, 3.63) is 58.4 Å². The van der Waals surface area contributed by atoms with Gasteiger partial charge in [0.25, 0.3) is 0 Å². The molecular weight excluding hydrogens is 428 g/mol. The summed E-state index contributed by atoms with van der Waals surface area (Å²) in [4.78, 5) is 26.8. The first-order valence-corrected chi connectivity index (χ1v) is 9.18. The van der Waals surface area contributed by atoms with Crippen LogP contribution in [-0.4, -0.2) is 37.4 Å². The first kappa shape index (κ1) is 21.9. The van der Waals surface area contributed by atoms with Crippen LogP contribution in [0.25, 0.3) is 0 Å². The molecule has 1 N–H and O–H groups in total. The molecule has 0 unspecified atom stereocenters. The minimum atomic E-state index is -4.69. The molecular formula is C20H17ClF4N2O3. The van der Waals surface area contributed by atoms with Gasteiger partial charge in [0, 0.05) is 19.5 Å². The molecule has 0 saturated carbocycles. The van der Waals surface area contributed by atoms with Gasteiger partial charge in [-0.1, -0.05) is 29.8 Å². The highest BCUT2D eigenvalue weighted by molar-refractivity contribution is 6.33. The van der Waals surface area contributed by atoms with Gasteiger partial charge in [-0.2, -0.15) is 13.2 Å². The van der Waals surface area contributed by atoms with Gasteiger partial charge in [0.15, 0.2) is 11.6 Å². The summed E-state index contributed by atoms with van der Waals surface area (Å²) in [6.45, 7) is 0.0757. The van der Waals surface area contributed by atoms with E-state index in [0.29, 0.717) is 0 Å². The second-order valence-electron chi connectivity index (χ2n) is 6.82. The van der Waals surface area contributed by atoms with Crippen LogP contribution in [0, 0.1) is 11.7 Å². The van der Waals surface area contributed by atoms with E-state index in [1.807, 2.05) is 0 Å². The Kier molecular flexibility index (Phi) is 5.94. The molecule has 0 spiro atoms. The Morgan fingerprint density at radius 1 is 1.23 bits per heavy atom. The molecule has 1 aliphatic heterocycles. The predicted molar refractivity (Wildman–Crippen MR) is 102 cm³/mol. The largest absolute Gasteiger partial charge is 0.492 e. The SMILES string of the molecule is COc1c(F)ccc([C@H]2CN(C)C(=O)[C@@H]2C(=O)Nc2ccccc2C(F)(F)F)c1Cl. The van der Waals surface area contributed by atoms with Crippen molar-refractivity contribution in [2.45, 2.75) is 12.1 Å². The second-order valence-corrected chi connectivity index (χ2v) is 7.20. The number of nitrogens with one attached hydrogen (secondary N) is 1. The molecule has 10 heteroatoms. The molecule has 160 valence electrons. The number of hydrogen-bond donors (Lipinski definition) is 1. The molecule has 1 fully saturated rings. The van der Waals surface area contributed by atoms with Crippen LogP contribution in [-0.2, 0) is 15.8 Å². The number of anilines is 1. The smallest absolute Gasteiger partial charge is 0.418 e. The summed E-state index contributed by atoms with van der Waals surface area (Å²) in [5.74, 6) is -4.60. The fourth-order valence-corrected chi connectivity index (χ4v) is 3.91. The Labute approximate surface area is 174 Å². The third-order valence-electron chi connectivity index (χ3n) is 4.97. The molecule has 1 aliphatic rings. The summed E-state index contributed by atoms with van der Waals surface area (Å²) in [5, 5.41) is 2.12. The molecule has 1 saturated heterocycles. The van der Waals surface area contributed by atoms with Gasteiger partial charge in [-0.3, -0.25) is 9.59 Å². The van der Waals surface area contributed by atoms with Gasteiger partial charge in [-0.25, -0.2) is 4.39 Å². The quantitative estimate of drug-likeness (QED) is 0.564. The Hall–Kier alpha value is -2.81. The maximum Gasteiger partial charge on any atom is 0.418 e. The van der Waals surface area contributed by atoms with Crippen molar-refractivity contribution < 1.29 is 31.9 Å². The number of benzene rings is 2. The summed E-state index contributed by atoms with van der Waals surface area (Å²) >= 11 is 6.23. The predicted octanol–water partition coefficient (Wildman–Crippen LogP) is 4.32. The first-order chi connectivity index (χ1) is 14.1. The van der Waals surface area contributed by atoms with E-state index in [-0.39, 0.29) is 22.9 Å². The number of alkyl halides is 3. The van der Waals surface area contributed by atoms with E-state index in [2.05, 4.69) is 5.32 Å². The molecule has 0 radical (unpaired) electrons. The van der Waals surface area contributed by atoms with Crippen molar-refractivity contribution in [2.75, 3.05) is 26.0 Å². The Morgan fingerprint density at radius 3 is 2.53 bits per heavy atom. The summed E-state index contributed by atoms with van der Waals surface area (Å²) in [5.41, 5.74) is -1.20. The minimum absolute atomic E-state index is 0.0757. The van der Waals surface area contributed by atoms with E-state index in [1.54, 1.807) is 0 Å². The van der Waals surface area contributed by atoms with Gasteiger partial charge in [-0.15, -0.1) is 0 Å². The third-order valence-corrected chi connectivity index (χ3v) is 5.36. The summed E-state index contributed by atoms with van der Waals surface area (Å²) in [7, 11) is 2.68. The van der Waals surface area contributed by atoms with Crippen LogP contribution in [0.2, 0.25) is 5.02 Å². The highest BCUT2D eigenvalue weighted by Gasteiger charge is 2.46. The van der Waals surface area contributed by atoms with E-state index >= 15 is 0 Å². The van der Waals surface area contributed by atoms with E-state index in [9.17, 15) is 27.2 Å². The molecule has 1 heterocycles. The number of carbonyl (C=O) groups excluding carboxylic acids is 2. The van der Waals surface area contributed by atoms with Crippen LogP contribution < -0.4 is 10.1 Å². The van der Waals surface area contributed by atoms with Gasteiger partial charge in [0.05, 0.1) is 23.4 Å². The number of para-hydroxylation sites is 1. The normalized spacial score (nSPS) is 19.2. The molecule has 30 heavy (non-hydrogen) atoms. The lowest BCUT2D eigenvalue weighted by Gasteiger charge is -2.20. The molecule has 2 amide bonds. The first-order valence-electron chi connectivity index (χ1n) is 8.80. The number of hydrogen-bond acceptors (Lipinski definition) is 3. The van der Waals surface area contributed by atoms with Crippen molar-refractivity contribution in [3.8, 4) is 5.75 Å². The Morgan fingerprint density at radius 2 is 1.90 bits per heavy atom. The van der Waals surface area contributed by atoms with Gasteiger partial charge in [0.2, 0.25) is 11.8 Å². The second kappa shape index (κ2) is 8.14. The number of carbonyl (C=O) groups is 2. The van der Waals surface area contributed by atoms with E-state index < -0.39 is 46.9 Å². The molecule has 5 nitrogen and oxygen atoms in total. The number of likely N-dealkylation sites (tertiary alicyclic amines) is 1. The number of methoxy groups -OCH3 is 1. The minimum Gasteiger partial charge on any atom is -0.492 e. The van der Waals surface area contributed by atoms with Crippen molar-refractivity contribution in [2.24, 2.45) is 5.92 Å². The lowest BCUT2D eigenvalue weighted by atomic mass is 9.87. The highest BCUT2D eigenvalue weighted by Crippen LogP contribution is 2.42. The lowest BCUT2D eigenvalue weighted by molar-refractivity contribution is -0.137. The Balaban J connectivity index is 1.98. The zero-order valence-electron chi connectivity index (χ0n) is 15.9. The topological polar surface area (TPSA) is 58.6 Å². The summed E-state index contributed by atoms with van der Waals surface area (Å²) < 4.78 is 58.6. The van der Waals surface area contributed by atoms with Crippen molar-refractivity contribution in [1.82, 2.24) is 4.90 Å². The number of nitrogens with zero attached hydrogens (tertiary/aromatic N) is 1. The van der Waals surface area contributed by atoms with Crippen LogP contribution in [0.3, 0.4) is 0 Å². The average molecular weight is 445 g/mol. The maximum atomic E-state index is 13.9. The van der Waals surface area contributed by atoms with Crippen LogP contribution in [0.4, 0.5) is 23.2 Å². The zero-order valence-corrected chi connectivity index (χ0v) is 16.6. The van der Waals surface area contributed by atoms with Crippen LogP contribution >= 0.6 is 11.6 Å². The number of halogens is 5. The van der Waals surface area contributed by atoms with Gasteiger partial charge < -0.3 is 15.0 Å². The van der Waals surface area contributed by atoms with Crippen molar-refractivity contribution in [3.63, 3.8) is 0 Å². The maximum absolute atomic E-state index is 13.9. The lowest BCUT2D eigenvalue weighted by Crippen LogP contribution is -2.33. The standard InChI is InChI=1S/C20H17ClF4N2O3/c1-27-9-11(10-7-8-13(22)17(30-2)16(10)21)15(19(27)29)18(28)26-14-6-4-3-5-12(14)20(23,24)25/h3-8,11,15H,9H2,1-2H3,(H,26,28)/t11-,15+/m1/s1. The number of amides is 2. The van der Waals surface area contributed by atoms with E-state index in [1.165, 1.54) is 37.3 Å². The number of rotatable bonds is 4. The zero-order chi connectivity index (χ0) is 22.2. The molecule has 2 aromatic rings. The van der Waals surface area contributed by atoms with Crippen molar-refractivity contribution >= 4 is 29.1 Å². The third kappa shape index (κ3) is 3.94. The van der Waals surface area contributed by atoms with Crippen LogP contribution in [0.5, 0.6) is 5.75 Å². The summed E-state index contributed by atoms with van der Waals surface area (Å²) in [6, 6.07) is 6.90. The average Bonchev–Trinajstić information content (AvgIpc) is 2.96. The monoisotopic (exact) mass is 444 g/mol. The molecule has 3 rings (SSSR count). The van der Waals surface area contributed by atoms with Gasteiger partial charge >= 0.3 is 6.18 Å². The molecule has 2 aromatic carbocycles. The Bertz CT molecular complexity index is 997. The summed E-state index contributed by atoms with van der Waals surface area (Å²) in [6.07, 6.45) is -4.69. The molecule has 0 bridgehead atoms. The van der Waals surface area contributed by atoms with Gasteiger partial charge in [-0.05, 0) is 23.8 Å². The van der Waals surface area contributed by atoms with Crippen molar-refractivity contribution in [1.29, 1.82) is 0 Å². The van der Waals surface area contributed by atoms with Crippen LogP contribution in [0.1, 0.15) is 17.0 Å². The molecule has 0 aliphatic carbocycles. The van der Waals surface area contributed by atoms with Crippen LogP contribution in [0.15, 0.2) is 36.4 Å². The fraction of sp³-hybridized carbons (Fsp3) is 0.300. The van der Waals surface area contributed by atoms with E-state index in [0.717, 1.165) is 18.2 Å².